The molecule has 0 atom stereocenters. The Kier molecular flexibility index (Phi) is 6.50. The number of carbonyl (C=O) groups excluding carboxylic acids is 1. The number of fused-ring (bicyclic) bond motifs is 1. The third-order valence-electron chi connectivity index (χ3n) is 6.25. The first kappa shape index (κ1) is 21.3. The molecule has 1 heterocycles. The molecule has 164 valence electrons. The van der Waals surface area contributed by atoms with E-state index < -0.39 is 0 Å². The first-order valence-electron chi connectivity index (χ1n) is 11.3. The number of ether oxygens (including phenoxy) is 2. The van der Waals surface area contributed by atoms with Crippen LogP contribution < -0.4 is 14.8 Å². The van der Waals surface area contributed by atoms with Crippen molar-refractivity contribution in [3.63, 3.8) is 0 Å². The number of hydrogen-bond acceptors (Lipinski definition) is 4. The van der Waals surface area contributed by atoms with Gasteiger partial charge in [-0.1, -0.05) is 37.1 Å². The van der Waals surface area contributed by atoms with Crippen LogP contribution in [0.2, 0.25) is 0 Å². The van der Waals surface area contributed by atoms with Crippen LogP contribution in [-0.2, 0) is 5.41 Å². The highest BCUT2D eigenvalue weighted by Crippen LogP contribution is 2.45. The number of nitrogens with one attached hydrogen (secondary N) is 1. The average molecular weight is 422 g/mol. The van der Waals surface area contributed by atoms with Crippen LogP contribution in [0, 0.1) is 0 Å². The fourth-order valence-corrected chi connectivity index (χ4v) is 4.71. The van der Waals surface area contributed by atoms with Crippen molar-refractivity contribution in [2.45, 2.75) is 51.4 Å². The smallest absolute Gasteiger partial charge is 0.287 e. The zero-order valence-electron chi connectivity index (χ0n) is 18.4. The van der Waals surface area contributed by atoms with Crippen LogP contribution in [0.1, 0.15) is 62.1 Å². The molecular weight excluding hydrogens is 390 g/mol. The van der Waals surface area contributed by atoms with Gasteiger partial charge in [0, 0.05) is 11.9 Å². The van der Waals surface area contributed by atoms with Gasteiger partial charge in [-0.25, -0.2) is 0 Å². The minimum atomic E-state index is -0.161. The van der Waals surface area contributed by atoms with Crippen molar-refractivity contribution >= 4 is 16.9 Å². The Hall–Kier alpha value is -2.95. The number of furan rings is 1. The highest BCUT2D eigenvalue weighted by Gasteiger charge is 2.36. The van der Waals surface area contributed by atoms with Gasteiger partial charge in [-0.3, -0.25) is 4.79 Å². The van der Waals surface area contributed by atoms with Crippen molar-refractivity contribution in [2.24, 2.45) is 0 Å². The Morgan fingerprint density at radius 2 is 1.74 bits per heavy atom. The molecule has 1 N–H and O–H groups in total. The molecule has 5 nitrogen and oxygen atoms in total. The van der Waals surface area contributed by atoms with Gasteiger partial charge in [0.05, 0.1) is 13.2 Å². The minimum absolute atomic E-state index is 0.0533. The maximum atomic E-state index is 12.6. The van der Waals surface area contributed by atoms with E-state index in [1.54, 1.807) is 6.07 Å². The van der Waals surface area contributed by atoms with Crippen LogP contribution in [0.4, 0.5) is 0 Å². The summed E-state index contributed by atoms with van der Waals surface area (Å²) >= 11 is 0. The fraction of sp³-hybridized carbons (Fsp3) is 0.423. The standard InChI is InChI=1S/C26H31NO4/c1-3-29-22-12-11-20(18-23(22)30-4-2)26(13-7-8-14-26)15-16-27-25(28)24-17-19-9-5-6-10-21(19)31-24/h5-6,9-12,17-18H,3-4,7-8,13-16H2,1-2H3,(H,27,28). The van der Waals surface area contributed by atoms with Gasteiger partial charge < -0.3 is 19.2 Å². The third kappa shape index (κ3) is 4.55. The maximum Gasteiger partial charge on any atom is 0.287 e. The van der Waals surface area contributed by atoms with Crippen molar-refractivity contribution in [3.8, 4) is 11.5 Å². The molecule has 1 aliphatic carbocycles. The molecule has 4 rings (SSSR count). The normalized spacial score (nSPS) is 15.2. The molecule has 1 amide bonds. The predicted molar refractivity (Wildman–Crippen MR) is 122 cm³/mol. The van der Waals surface area contributed by atoms with E-state index in [-0.39, 0.29) is 11.3 Å². The summed E-state index contributed by atoms with van der Waals surface area (Å²) in [6.07, 6.45) is 5.53. The number of amides is 1. The lowest BCUT2D eigenvalue weighted by Gasteiger charge is -2.30. The van der Waals surface area contributed by atoms with Crippen molar-refractivity contribution in [2.75, 3.05) is 19.8 Å². The molecule has 0 radical (unpaired) electrons. The van der Waals surface area contributed by atoms with Crippen LogP contribution >= 0.6 is 0 Å². The Labute approximate surface area is 183 Å². The van der Waals surface area contributed by atoms with Crippen LogP contribution in [0.25, 0.3) is 11.0 Å². The fourth-order valence-electron chi connectivity index (χ4n) is 4.71. The minimum Gasteiger partial charge on any atom is -0.490 e. The van der Waals surface area contributed by atoms with Gasteiger partial charge in [0.1, 0.15) is 5.58 Å². The summed E-state index contributed by atoms with van der Waals surface area (Å²) in [5.74, 6) is 1.80. The highest BCUT2D eigenvalue weighted by atomic mass is 16.5. The van der Waals surface area contributed by atoms with Crippen LogP contribution in [0.5, 0.6) is 11.5 Å². The molecule has 3 aromatic rings. The lowest BCUT2D eigenvalue weighted by atomic mass is 9.76. The summed E-state index contributed by atoms with van der Waals surface area (Å²) in [5, 5.41) is 4.01. The van der Waals surface area contributed by atoms with E-state index in [0.29, 0.717) is 25.5 Å². The number of carbonyl (C=O) groups is 1. The second-order valence-electron chi connectivity index (χ2n) is 8.17. The number of hydrogen-bond donors (Lipinski definition) is 1. The topological polar surface area (TPSA) is 60.7 Å². The number of para-hydroxylation sites is 1. The summed E-state index contributed by atoms with van der Waals surface area (Å²) in [7, 11) is 0. The summed E-state index contributed by atoms with van der Waals surface area (Å²) < 4.78 is 17.3. The van der Waals surface area contributed by atoms with E-state index in [0.717, 1.165) is 41.7 Å². The molecule has 1 aromatic heterocycles. The molecule has 0 aliphatic heterocycles. The molecular formula is C26H31NO4. The molecule has 0 spiro atoms. The van der Waals surface area contributed by atoms with E-state index in [4.69, 9.17) is 13.9 Å². The van der Waals surface area contributed by atoms with Gasteiger partial charge >= 0.3 is 0 Å². The molecule has 2 aromatic carbocycles. The van der Waals surface area contributed by atoms with Crippen LogP contribution in [-0.4, -0.2) is 25.7 Å². The average Bonchev–Trinajstić information content (AvgIpc) is 3.43. The second-order valence-corrected chi connectivity index (χ2v) is 8.17. The maximum absolute atomic E-state index is 12.6. The van der Waals surface area contributed by atoms with Gasteiger partial charge in [-0.05, 0) is 68.4 Å². The molecule has 0 bridgehead atoms. The van der Waals surface area contributed by atoms with Crippen molar-refractivity contribution in [1.82, 2.24) is 5.32 Å². The molecule has 0 saturated heterocycles. The molecule has 1 saturated carbocycles. The quantitative estimate of drug-likeness (QED) is 0.470. The van der Waals surface area contributed by atoms with E-state index in [1.165, 1.54) is 18.4 Å². The van der Waals surface area contributed by atoms with Crippen molar-refractivity contribution < 1.29 is 18.7 Å². The van der Waals surface area contributed by atoms with Gasteiger partial charge in [-0.2, -0.15) is 0 Å². The largest absolute Gasteiger partial charge is 0.490 e. The highest BCUT2D eigenvalue weighted by molar-refractivity contribution is 5.96. The van der Waals surface area contributed by atoms with Crippen LogP contribution in [0.3, 0.4) is 0 Å². The van der Waals surface area contributed by atoms with Crippen molar-refractivity contribution in [3.05, 3.63) is 59.9 Å². The van der Waals surface area contributed by atoms with Gasteiger partial charge in [0.25, 0.3) is 5.91 Å². The molecule has 31 heavy (non-hydrogen) atoms. The van der Waals surface area contributed by atoms with E-state index >= 15 is 0 Å². The summed E-state index contributed by atoms with van der Waals surface area (Å²) in [5.41, 5.74) is 2.06. The van der Waals surface area contributed by atoms with E-state index in [2.05, 4.69) is 17.4 Å². The predicted octanol–water partition coefficient (Wildman–Crippen LogP) is 5.86. The van der Waals surface area contributed by atoms with Gasteiger partial charge in [0.2, 0.25) is 0 Å². The lowest BCUT2D eigenvalue weighted by molar-refractivity contribution is 0.0924. The number of rotatable bonds is 9. The molecule has 0 unspecified atom stereocenters. The Morgan fingerprint density at radius 1 is 1.00 bits per heavy atom. The van der Waals surface area contributed by atoms with E-state index in [1.807, 2.05) is 44.2 Å². The molecule has 1 fully saturated rings. The Bertz CT molecular complexity index is 1000. The Balaban J connectivity index is 1.47. The Morgan fingerprint density at radius 3 is 2.48 bits per heavy atom. The molecule has 5 heteroatoms. The van der Waals surface area contributed by atoms with Gasteiger partial charge in [-0.15, -0.1) is 0 Å². The summed E-state index contributed by atoms with van der Waals surface area (Å²) in [4.78, 5) is 12.6. The number of benzene rings is 2. The monoisotopic (exact) mass is 421 g/mol. The zero-order valence-corrected chi connectivity index (χ0v) is 18.4. The molecule has 1 aliphatic rings. The SMILES string of the molecule is CCOc1ccc(C2(CCNC(=O)c3cc4ccccc4o3)CCCC2)cc1OCC. The van der Waals surface area contributed by atoms with Gasteiger partial charge in [0.15, 0.2) is 17.3 Å². The summed E-state index contributed by atoms with van der Waals surface area (Å²) in [6, 6.07) is 15.8. The third-order valence-corrected chi connectivity index (χ3v) is 6.25. The second kappa shape index (κ2) is 9.46. The summed E-state index contributed by atoms with van der Waals surface area (Å²) in [6.45, 7) is 5.78. The van der Waals surface area contributed by atoms with Crippen molar-refractivity contribution in [1.29, 1.82) is 0 Å². The van der Waals surface area contributed by atoms with E-state index in [9.17, 15) is 4.79 Å². The lowest BCUT2D eigenvalue weighted by Crippen LogP contribution is -2.31. The first-order valence-corrected chi connectivity index (χ1v) is 11.3. The zero-order chi connectivity index (χ0) is 21.7. The first-order chi connectivity index (χ1) is 15.1. The van der Waals surface area contributed by atoms with Crippen LogP contribution in [0.15, 0.2) is 52.9 Å².